The molecule has 2 saturated heterocycles. The molecule has 0 bridgehead atoms. The van der Waals surface area contributed by atoms with Crippen molar-refractivity contribution in [2.75, 3.05) is 26.3 Å². The molecule has 2 aromatic rings. The van der Waals surface area contributed by atoms with Gasteiger partial charge >= 0.3 is 0 Å². The van der Waals surface area contributed by atoms with Crippen LogP contribution in [-0.2, 0) is 11.3 Å². The smallest absolute Gasteiger partial charge is 0.255 e. The maximum atomic E-state index is 12.5. The molecule has 4 heterocycles. The molecule has 0 N–H and O–H groups in total. The van der Waals surface area contributed by atoms with Crippen LogP contribution in [0, 0.1) is 19.8 Å². The third-order valence-corrected chi connectivity index (χ3v) is 5.52. The summed E-state index contributed by atoms with van der Waals surface area (Å²) < 4.78 is 7.84. The van der Waals surface area contributed by atoms with E-state index >= 15 is 0 Å². The molecule has 0 radical (unpaired) electrons. The topological polar surface area (TPSA) is 60.2 Å². The highest BCUT2D eigenvalue weighted by Gasteiger charge is 2.33. The number of hydrogen-bond acceptors (Lipinski definition) is 4. The minimum Gasteiger partial charge on any atom is -0.381 e. The van der Waals surface area contributed by atoms with Crippen LogP contribution < -0.4 is 0 Å². The van der Waals surface area contributed by atoms with E-state index in [1.54, 1.807) is 6.20 Å². The highest BCUT2D eigenvalue weighted by Crippen LogP contribution is 2.29. The lowest BCUT2D eigenvalue weighted by atomic mass is 9.96. The summed E-state index contributed by atoms with van der Waals surface area (Å²) in [5.74, 6) is 2.26. The molecular weight excluding hydrogens is 328 g/mol. The molecule has 26 heavy (non-hydrogen) atoms. The molecule has 0 aromatic carbocycles. The van der Waals surface area contributed by atoms with Gasteiger partial charge in [0.2, 0.25) is 0 Å². The fraction of sp³-hybridized carbons (Fsp3) is 0.550. The minimum absolute atomic E-state index is 0.0840. The lowest BCUT2D eigenvalue weighted by molar-refractivity contribution is 0.0460. The number of imidazole rings is 1. The lowest BCUT2D eigenvalue weighted by Gasteiger charge is -2.40. The van der Waals surface area contributed by atoms with Crippen LogP contribution in [0.1, 0.15) is 46.3 Å². The third-order valence-electron chi connectivity index (χ3n) is 5.52. The second kappa shape index (κ2) is 7.19. The molecule has 6 heteroatoms. The van der Waals surface area contributed by atoms with Gasteiger partial charge in [-0.1, -0.05) is 0 Å². The van der Waals surface area contributed by atoms with Crippen molar-refractivity contribution in [1.29, 1.82) is 0 Å². The number of ether oxygens (including phenoxy) is 1. The third kappa shape index (κ3) is 3.38. The maximum absolute atomic E-state index is 12.5. The molecule has 6 nitrogen and oxygen atoms in total. The highest BCUT2D eigenvalue weighted by molar-refractivity contribution is 5.94. The largest absolute Gasteiger partial charge is 0.381 e. The molecule has 0 aliphatic carbocycles. The van der Waals surface area contributed by atoms with Crippen LogP contribution >= 0.6 is 0 Å². The molecule has 0 spiro atoms. The first-order valence-electron chi connectivity index (χ1n) is 9.43. The number of aryl methyl sites for hydroxylation is 2. The van der Waals surface area contributed by atoms with Crippen LogP contribution in [0.3, 0.4) is 0 Å². The van der Waals surface area contributed by atoms with Crippen molar-refractivity contribution < 1.29 is 9.53 Å². The van der Waals surface area contributed by atoms with Gasteiger partial charge in [-0.15, -0.1) is 0 Å². The Morgan fingerprint density at radius 1 is 1.15 bits per heavy atom. The first-order valence-corrected chi connectivity index (χ1v) is 9.43. The van der Waals surface area contributed by atoms with E-state index < -0.39 is 0 Å². The summed E-state index contributed by atoms with van der Waals surface area (Å²) in [6, 6.07) is 3.75. The number of rotatable bonds is 4. The minimum atomic E-state index is 0.0840. The number of nitrogens with zero attached hydrogens (tertiary/aromatic N) is 4. The standard InChI is InChI=1S/C20H26N4O2/c1-14-3-4-18(10-21-14)20(25)23-11-16(12-23)13-24-15(2)9-22-19(24)17-5-7-26-8-6-17/h3-4,9-10,16-17H,5-8,11-13H2,1-2H3. The van der Waals surface area contributed by atoms with E-state index in [4.69, 9.17) is 4.74 Å². The number of pyridine rings is 1. The van der Waals surface area contributed by atoms with Gasteiger partial charge in [0.25, 0.3) is 5.91 Å². The SMILES string of the molecule is Cc1ccc(C(=O)N2CC(Cn3c(C)cnc3C3CCOCC3)C2)cn1. The Kier molecular flexibility index (Phi) is 4.76. The zero-order valence-electron chi connectivity index (χ0n) is 15.5. The van der Waals surface area contributed by atoms with Crippen LogP contribution in [-0.4, -0.2) is 51.6 Å². The Hall–Kier alpha value is -2.21. The molecule has 0 saturated carbocycles. The van der Waals surface area contributed by atoms with Crippen molar-refractivity contribution in [3.8, 4) is 0 Å². The van der Waals surface area contributed by atoms with Gasteiger partial charge < -0.3 is 14.2 Å². The van der Waals surface area contributed by atoms with Gasteiger partial charge in [-0.05, 0) is 38.8 Å². The molecule has 4 rings (SSSR count). The fourth-order valence-corrected chi connectivity index (χ4v) is 3.88. The van der Waals surface area contributed by atoms with Crippen molar-refractivity contribution in [2.45, 2.75) is 39.2 Å². The van der Waals surface area contributed by atoms with Crippen LogP contribution in [0.25, 0.3) is 0 Å². The van der Waals surface area contributed by atoms with Crippen molar-refractivity contribution in [1.82, 2.24) is 19.4 Å². The molecule has 2 fully saturated rings. The monoisotopic (exact) mass is 354 g/mol. The Labute approximate surface area is 154 Å². The summed E-state index contributed by atoms with van der Waals surface area (Å²) >= 11 is 0. The van der Waals surface area contributed by atoms with Crippen LogP contribution in [0.15, 0.2) is 24.5 Å². The summed E-state index contributed by atoms with van der Waals surface area (Å²) in [6.45, 7) is 8.25. The Bertz CT molecular complexity index is 772. The van der Waals surface area contributed by atoms with Gasteiger partial charge in [0.15, 0.2) is 0 Å². The summed E-state index contributed by atoms with van der Waals surface area (Å²) in [4.78, 5) is 23.3. The summed E-state index contributed by atoms with van der Waals surface area (Å²) in [5, 5.41) is 0. The average Bonchev–Trinajstić information content (AvgIpc) is 2.99. The zero-order chi connectivity index (χ0) is 18.1. The molecule has 0 unspecified atom stereocenters. The number of aromatic nitrogens is 3. The van der Waals surface area contributed by atoms with E-state index in [9.17, 15) is 4.79 Å². The summed E-state index contributed by atoms with van der Waals surface area (Å²) in [6.07, 6.45) is 5.75. The molecular formula is C20H26N4O2. The molecule has 2 aliphatic rings. The van der Waals surface area contributed by atoms with E-state index in [-0.39, 0.29) is 5.91 Å². The molecule has 2 aromatic heterocycles. The highest BCUT2D eigenvalue weighted by atomic mass is 16.5. The molecule has 138 valence electrons. The first-order chi connectivity index (χ1) is 12.6. The van der Waals surface area contributed by atoms with Gasteiger partial charge in [0, 0.05) is 68.5 Å². The Balaban J connectivity index is 1.37. The van der Waals surface area contributed by atoms with E-state index in [0.717, 1.165) is 51.4 Å². The maximum Gasteiger partial charge on any atom is 0.255 e. The van der Waals surface area contributed by atoms with Gasteiger partial charge in [-0.3, -0.25) is 9.78 Å². The van der Waals surface area contributed by atoms with Crippen molar-refractivity contribution in [3.05, 3.63) is 47.3 Å². The van der Waals surface area contributed by atoms with Crippen molar-refractivity contribution in [2.24, 2.45) is 5.92 Å². The number of carbonyl (C=O) groups is 1. The second-order valence-corrected chi connectivity index (χ2v) is 7.52. The van der Waals surface area contributed by atoms with Gasteiger partial charge in [-0.2, -0.15) is 0 Å². The van der Waals surface area contributed by atoms with E-state index in [1.807, 2.05) is 30.2 Å². The second-order valence-electron chi connectivity index (χ2n) is 7.52. The Morgan fingerprint density at radius 3 is 2.62 bits per heavy atom. The number of hydrogen-bond donors (Lipinski definition) is 0. The van der Waals surface area contributed by atoms with E-state index in [1.165, 1.54) is 11.5 Å². The quantitative estimate of drug-likeness (QED) is 0.847. The Morgan fingerprint density at radius 2 is 1.92 bits per heavy atom. The van der Waals surface area contributed by atoms with Gasteiger partial charge in [0.05, 0.1) is 5.56 Å². The first kappa shape index (κ1) is 17.2. The number of amides is 1. The zero-order valence-corrected chi connectivity index (χ0v) is 15.5. The predicted molar refractivity (Wildman–Crippen MR) is 98.1 cm³/mol. The average molecular weight is 354 g/mol. The van der Waals surface area contributed by atoms with Crippen LogP contribution in [0.4, 0.5) is 0 Å². The van der Waals surface area contributed by atoms with Crippen LogP contribution in [0.2, 0.25) is 0 Å². The number of likely N-dealkylation sites (tertiary alicyclic amines) is 1. The van der Waals surface area contributed by atoms with Gasteiger partial charge in [0.1, 0.15) is 5.82 Å². The van der Waals surface area contributed by atoms with Crippen molar-refractivity contribution in [3.63, 3.8) is 0 Å². The van der Waals surface area contributed by atoms with Gasteiger partial charge in [-0.25, -0.2) is 4.98 Å². The van der Waals surface area contributed by atoms with E-state index in [0.29, 0.717) is 17.4 Å². The summed E-state index contributed by atoms with van der Waals surface area (Å²) in [5.41, 5.74) is 2.81. The van der Waals surface area contributed by atoms with E-state index in [2.05, 4.69) is 21.5 Å². The van der Waals surface area contributed by atoms with Crippen molar-refractivity contribution >= 4 is 5.91 Å². The molecule has 0 atom stereocenters. The van der Waals surface area contributed by atoms with Crippen LogP contribution in [0.5, 0.6) is 0 Å². The molecule has 2 aliphatic heterocycles. The number of carbonyl (C=O) groups excluding carboxylic acids is 1. The lowest BCUT2D eigenvalue weighted by Crippen LogP contribution is -2.51. The fourth-order valence-electron chi connectivity index (χ4n) is 3.88. The summed E-state index contributed by atoms with van der Waals surface area (Å²) in [7, 11) is 0. The normalized spacial score (nSPS) is 18.8. The predicted octanol–water partition coefficient (Wildman–Crippen LogP) is 2.56. The molecule has 1 amide bonds.